The van der Waals surface area contributed by atoms with Gasteiger partial charge in [-0.2, -0.15) is 0 Å². The van der Waals surface area contributed by atoms with Gasteiger partial charge in [0, 0.05) is 0 Å². The molecule has 0 atom stereocenters. The summed E-state index contributed by atoms with van der Waals surface area (Å²) >= 11 is 0. The average Bonchev–Trinajstić information content (AvgIpc) is 2.89. The van der Waals surface area contributed by atoms with Crippen LogP contribution < -0.4 is 0 Å². The number of benzene rings is 8. The van der Waals surface area contributed by atoms with Crippen LogP contribution in [0.3, 0.4) is 0 Å². The van der Waals surface area contributed by atoms with E-state index in [1.54, 1.807) is 0 Å². The standard InChI is InChI=1S/C34H19/c1-2-7-24-17-28-20-31-25(18-27(28)16-23(24)6-1)10-5-12-29(31)32-19-26-11-3-8-21-14-15-22-9-4-13-30(32)34(22)33(21)26/h1-10,12-20H. The summed E-state index contributed by atoms with van der Waals surface area (Å²) in [5.41, 5.74) is 2.55. The van der Waals surface area contributed by atoms with Crippen LogP contribution in [0.5, 0.6) is 0 Å². The lowest BCUT2D eigenvalue weighted by molar-refractivity contribution is 1.72. The van der Waals surface area contributed by atoms with E-state index in [1.165, 1.54) is 75.8 Å². The first-order valence-corrected chi connectivity index (χ1v) is 11.8. The molecule has 0 saturated heterocycles. The van der Waals surface area contributed by atoms with Gasteiger partial charge in [0.1, 0.15) is 0 Å². The Kier molecular flexibility index (Phi) is 3.48. The zero-order chi connectivity index (χ0) is 22.2. The Morgan fingerprint density at radius 2 is 1.06 bits per heavy atom. The van der Waals surface area contributed by atoms with Crippen molar-refractivity contribution >= 4 is 64.6 Å². The summed E-state index contributed by atoms with van der Waals surface area (Å²) in [7, 11) is 0. The van der Waals surface area contributed by atoms with Crippen molar-refractivity contribution in [3.05, 3.63) is 121 Å². The molecule has 0 heterocycles. The van der Waals surface area contributed by atoms with E-state index < -0.39 is 0 Å². The Bertz CT molecular complexity index is 2060. The molecular weight excluding hydrogens is 408 g/mol. The van der Waals surface area contributed by atoms with Crippen molar-refractivity contribution in [2.45, 2.75) is 0 Å². The van der Waals surface area contributed by atoms with Crippen molar-refractivity contribution in [3.8, 4) is 11.1 Å². The van der Waals surface area contributed by atoms with Crippen LogP contribution in [0.1, 0.15) is 0 Å². The number of hydrogen-bond donors (Lipinski definition) is 0. The van der Waals surface area contributed by atoms with Gasteiger partial charge in [-0.1, -0.05) is 84.9 Å². The maximum atomic E-state index is 3.52. The fraction of sp³-hybridized carbons (Fsp3) is 0. The second kappa shape index (κ2) is 6.56. The molecule has 8 rings (SSSR count). The van der Waals surface area contributed by atoms with Gasteiger partial charge in [-0.05, 0) is 112 Å². The van der Waals surface area contributed by atoms with Gasteiger partial charge in [0.2, 0.25) is 0 Å². The second-order valence-corrected chi connectivity index (χ2v) is 9.31. The zero-order valence-corrected chi connectivity index (χ0v) is 18.5. The highest BCUT2D eigenvalue weighted by Crippen LogP contribution is 2.42. The highest BCUT2D eigenvalue weighted by molar-refractivity contribution is 6.27. The van der Waals surface area contributed by atoms with Crippen molar-refractivity contribution in [3.63, 3.8) is 0 Å². The third-order valence-corrected chi connectivity index (χ3v) is 7.42. The lowest BCUT2D eigenvalue weighted by Crippen LogP contribution is -1.89. The lowest BCUT2D eigenvalue weighted by atomic mass is 9.87. The van der Waals surface area contributed by atoms with Crippen LogP contribution in [0.15, 0.2) is 115 Å². The van der Waals surface area contributed by atoms with Crippen LogP contribution in [0.25, 0.3) is 75.8 Å². The van der Waals surface area contributed by atoms with Crippen molar-refractivity contribution < 1.29 is 0 Å². The van der Waals surface area contributed by atoms with Gasteiger partial charge in [0.15, 0.2) is 0 Å². The van der Waals surface area contributed by atoms with Crippen LogP contribution in [-0.2, 0) is 0 Å². The van der Waals surface area contributed by atoms with Crippen LogP contribution in [0.4, 0.5) is 0 Å². The minimum Gasteiger partial charge on any atom is -0.0616 e. The minimum absolute atomic E-state index is 1.18. The molecule has 0 aliphatic heterocycles. The van der Waals surface area contributed by atoms with Gasteiger partial charge in [0.25, 0.3) is 0 Å². The van der Waals surface area contributed by atoms with Crippen molar-refractivity contribution in [2.24, 2.45) is 0 Å². The predicted octanol–water partition coefficient (Wildman–Crippen LogP) is 9.51. The smallest absolute Gasteiger partial charge is 0.00201 e. The molecule has 8 aromatic rings. The van der Waals surface area contributed by atoms with E-state index >= 15 is 0 Å². The Hall–Kier alpha value is -4.42. The SMILES string of the molecule is [c]1ccc2ccc3cccc4c(-c5cccc6cc7cc8ccccc8cc7cc56)cc1c2c34. The highest BCUT2D eigenvalue weighted by Gasteiger charge is 2.15. The summed E-state index contributed by atoms with van der Waals surface area (Å²) in [5, 5.41) is 15.4. The molecule has 0 fully saturated rings. The largest absolute Gasteiger partial charge is 0.0616 e. The first-order valence-electron chi connectivity index (χ1n) is 11.8. The molecular formula is C34H19. The third kappa shape index (κ3) is 2.43. The van der Waals surface area contributed by atoms with E-state index in [2.05, 4.69) is 115 Å². The quantitative estimate of drug-likeness (QED) is 0.181. The molecule has 8 aromatic carbocycles. The molecule has 0 heteroatoms. The first kappa shape index (κ1) is 18.1. The zero-order valence-electron chi connectivity index (χ0n) is 18.5. The van der Waals surface area contributed by atoms with E-state index in [1.807, 2.05) is 6.07 Å². The molecule has 0 nitrogen and oxygen atoms in total. The summed E-state index contributed by atoms with van der Waals surface area (Å²) in [6.07, 6.45) is 0. The molecule has 0 aliphatic rings. The first-order chi connectivity index (χ1) is 16.8. The molecule has 0 aromatic heterocycles. The Morgan fingerprint density at radius 1 is 0.382 bits per heavy atom. The fourth-order valence-electron chi connectivity index (χ4n) is 5.85. The van der Waals surface area contributed by atoms with Gasteiger partial charge in [0.05, 0.1) is 0 Å². The fourth-order valence-corrected chi connectivity index (χ4v) is 5.85. The molecule has 0 amide bonds. The molecule has 0 unspecified atom stereocenters. The molecule has 0 bridgehead atoms. The Morgan fingerprint density at radius 3 is 1.91 bits per heavy atom. The topological polar surface area (TPSA) is 0 Å². The summed E-state index contributed by atoms with van der Waals surface area (Å²) < 4.78 is 0. The molecule has 0 spiro atoms. The van der Waals surface area contributed by atoms with Gasteiger partial charge in [-0.25, -0.2) is 0 Å². The van der Waals surface area contributed by atoms with E-state index in [4.69, 9.17) is 0 Å². The summed E-state index contributed by atoms with van der Waals surface area (Å²) in [6.45, 7) is 0. The van der Waals surface area contributed by atoms with Gasteiger partial charge in [-0.15, -0.1) is 0 Å². The van der Waals surface area contributed by atoms with Crippen molar-refractivity contribution in [1.82, 2.24) is 0 Å². The average molecular weight is 428 g/mol. The van der Waals surface area contributed by atoms with E-state index in [0.717, 1.165) is 0 Å². The Balaban J connectivity index is 1.52. The molecule has 0 saturated carbocycles. The maximum absolute atomic E-state index is 3.52. The van der Waals surface area contributed by atoms with E-state index in [9.17, 15) is 0 Å². The maximum Gasteiger partial charge on any atom is -0.00201 e. The van der Waals surface area contributed by atoms with Crippen molar-refractivity contribution in [2.75, 3.05) is 0 Å². The molecule has 0 N–H and O–H groups in total. The third-order valence-electron chi connectivity index (χ3n) is 7.42. The van der Waals surface area contributed by atoms with E-state index in [-0.39, 0.29) is 0 Å². The molecule has 0 aliphatic carbocycles. The molecule has 34 heavy (non-hydrogen) atoms. The number of hydrogen-bond acceptors (Lipinski definition) is 0. The summed E-state index contributed by atoms with van der Waals surface area (Å²) in [5.74, 6) is 0. The van der Waals surface area contributed by atoms with E-state index in [0.29, 0.717) is 0 Å². The van der Waals surface area contributed by atoms with Crippen molar-refractivity contribution in [1.29, 1.82) is 0 Å². The van der Waals surface area contributed by atoms with Crippen LogP contribution >= 0.6 is 0 Å². The summed E-state index contributed by atoms with van der Waals surface area (Å²) in [6, 6.07) is 45.9. The predicted molar refractivity (Wildman–Crippen MR) is 147 cm³/mol. The lowest BCUT2D eigenvalue weighted by Gasteiger charge is -2.16. The summed E-state index contributed by atoms with van der Waals surface area (Å²) in [4.78, 5) is 0. The molecule has 155 valence electrons. The van der Waals surface area contributed by atoms with Gasteiger partial charge >= 0.3 is 0 Å². The number of rotatable bonds is 1. The highest BCUT2D eigenvalue weighted by atomic mass is 14.2. The van der Waals surface area contributed by atoms with Crippen LogP contribution in [0.2, 0.25) is 0 Å². The van der Waals surface area contributed by atoms with Crippen LogP contribution in [0, 0.1) is 6.07 Å². The second-order valence-electron chi connectivity index (χ2n) is 9.31. The normalized spacial score (nSPS) is 12.1. The van der Waals surface area contributed by atoms with Crippen LogP contribution in [-0.4, -0.2) is 0 Å². The Labute approximate surface area is 197 Å². The number of fused-ring (bicyclic) bond motifs is 3. The van der Waals surface area contributed by atoms with Gasteiger partial charge in [-0.3, -0.25) is 0 Å². The molecule has 1 radical (unpaired) electrons. The monoisotopic (exact) mass is 427 g/mol. The minimum atomic E-state index is 1.18. The van der Waals surface area contributed by atoms with Gasteiger partial charge < -0.3 is 0 Å².